The van der Waals surface area contributed by atoms with E-state index in [0.29, 0.717) is 12.2 Å². The van der Waals surface area contributed by atoms with E-state index in [1.165, 1.54) is 5.56 Å². The zero-order valence-electron chi connectivity index (χ0n) is 10.4. The molecule has 1 aromatic rings. The molecule has 0 saturated heterocycles. The van der Waals surface area contributed by atoms with E-state index in [4.69, 9.17) is 14.3 Å². The molecule has 0 atom stereocenters. The monoisotopic (exact) mass is 258 g/mol. The highest BCUT2D eigenvalue weighted by Gasteiger charge is 2.20. The first-order valence-electron chi connectivity index (χ1n) is 5.81. The van der Waals surface area contributed by atoms with E-state index in [1.807, 2.05) is 19.9 Å². The molecule has 96 valence electrons. The second-order valence-electron chi connectivity index (χ2n) is 3.82. The van der Waals surface area contributed by atoms with E-state index in [-0.39, 0.29) is 0 Å². The molecule has 0 radical (unpaired) electrons. The van der Waals surface area contributed by atoms with Gasteiger partial charge < -0.3 is 4.52 Å². The summed E-state index contributed by atoms with van der Waals surface area (Å²) in [4.78, 5) is 17.7. The van der Waals surface area contributed by atoms with Crippen LogP contribution in [-0.2, 0) is 23.8 Å². The Morgan fingerprint density at radius 3 is 2.06 bits per heavy atom. The average Bonchev–Trinajstić information content (AvgIpc) is 2.26. The van der Waals surface area contributed by atoms with Gasteiger partial charge in [0.2, 0.25) is 0 Å². The Balaban J connectivity index is 3.28. The smallest absolute Gasteiger partial charge is 0.404 e. The van der Waals surface area contributed by atoms with E-state index in [2.05, 4.69) is 6.92 Å². The lowest BCUT2D eigenvalue weighted by Crippen LogP contribution is -2.02. The van der Waals surface area contributed by atoms with Crippen LogP contribution in [0.15, 0.2) is 12.1 Å². The molecule has 0 amide bonds. The molecule has 0 unspecified atom stereocenters. The quantitative estimate of drug-likeness (QED) is 0.797. The number of phosphoric acid groups is 1. The maximum atomic E-state index is 10.9. The summed E-state index contributed by atoms with van der Waals surface area (Å²) in [5.41, 5.74) is 3.25. The van der Waals surface area contributed by atoms with Crippen LogP contribution in [-0.4, -0.2) is 9.79 Å². The third kappa shape index (κ3) is 3.56. The predicted octanol–water partition coefficient (Wildman–Crippen LogP) is 2.85. The van der Waals surface area contributed by atoms with Gasteiger partial charge in [0.25, 0.3) is 0 Å². The van der Waals surface area contributed by atoms with Gasteiger partial charge in [-0.05, 0) is 42.0 Å². The van der Waals surface area contributed by atoms with E-state index in [9.17, 15) is 4.57 Å². The number of hydrogen-bond donors (Lipinski definition) is 2. The molecule has 0 aliphatic rings. The standard InChI is InChI=1S/C12H19O4P/c1-4-9-7-8-12(16-17(13,14)15)11(6-3)10(9)5-2/h7-8H,4-6H2,1-3H3,(H2,13,14,15). The van der Waals surface area contributed by atoms with E-state index >= 15 is 0 Å². The Hall–Kier alpha value is -0.830. The minimum atomic E-state index is -4.48. The van der Waals surface area contributed by atoms with Crippen LogP contribution in [0.4, 0.5) is 0 Å². The summed E-state index contributed by atoms with van der Waals surface area (Å²) < 4.78 is 15.6. The number of rotatable bonds is 5. The summed E-state index contributed by atoms with van der Waals surface area (Å²) in [5.74, 6) is 0.301. The van der Waals surface area contributed by atoms with Gasteiger partial charge >= 0.3 is 7.82 Å². The van der Waals surface area contributed by atoms with Gasteiger partial charge in [-0.25, -0.2) is 4.57 Å². The van der Waals surface area contributed by atoms with Crippen molar-refractivity contribution in [3.05, 3.63) is 28.8 Å². The lowest BCUT2D eigenvalue weighted by atomic mass is 9.95. The minimum Gasteiger partial charge on any atom is -0.404 e. The zero-order valence-corrected chi connectivity index (χ0v) is 11.3. The summed E-state index contributed by atoms with van der Waals surface area (Å²) in [7, 11) is -4.48. The highest BCUT2D eigenvalue weighted by Crippen LogP contribution is 2.40. The van der Waals surface area contributed by atoms with Crippen molar-refractivity contribution in [1.29, 1.82) is 0 Å². The molecule has 0 spiro atoms. The van der Waals surface area contributed by atoms with Crippen LogP contribution < -0.4 is 4.52 Å². The van der Waals surface area contributed by atoms with Crippen LogP contribution in [0.1, 0.15) is 37.5 Å². The SMILES string of the molecule is CCc1ccc(OP(=O)(O)O)c(CC)c1CC. The highest BCUT2D eigenvalue weighted by molar-refractivity contribution is 7.46. The predicted molar refractivity (Wildman–Crippen MR) is 67.2 cm³/mol. The number of benzene rings is 1. The molecule has 0 saturated carbocycles. The van der Waals surface area contributed by atoms with Crippen LogP contribution >= 0.6 is 7.82 Å². The van der Waals surface area contributed by atoms with Crippen LogP contribution in [0.25, 0.3) is 0 Å². The van der Waals surface area contributed by atoms with Gasteiger partial charge in [-0.2, -0.15) is 0 Å². The molecule has 0 heterocycles. The molecule has 1 rings (SSSR count). The first kappa shape index (κ1) is 14.2. The fourth-order valence-corrected chi connectivity index (χ4v) is 2.52. The molecule has 4 nitrogen and oxygen atoms in total. The molecule has 17 heavy (non-hydrogen) atoms. The van der Waals surface area contributed by atoms with Crippen molar-refractivity contribution < 1.29 is 18.9 Å². The second-order valence-corrected chi connectivity index (χ2v) is 4.99. The fourth-order valence-electron chi connectivity index (χ4n) is 2.09. The maximum Gasteiger partial charge on any atom is 0.524 e. The van der Waals surface area contributed by atoms with Crippen molar-refractivity contribution in [2.75, 3.05) is 0 Å². The summed E-state index contributed by atoms with van der Waals surface area (Å²) >= 11 is 0. The Morgan fingerprint density at radius 2 is 1.65 bits per heavy atom. The Labute approximate surface area is 102 Å². The van der Waals surface area contributed by atoms with Gasteiger partial charge in [-0.1, -0.05) is 26.8 Å². The summed E-state index contributed by atoms with van der Waals surface area (Å²) in [6, 6.07) is 3.53. The van der Waals surface area contributed by atoms with E-state index < -0.39 is 7.82 Å². The van der Waals surface area contributed by atoms with Crippen molar-refractivity contribution in [1.82, 2.24) is 0 Å². The maximum absolute atomic E-state index is 10.9. The summed E-state index contributed by atoms with van der Waals surface area (Å²) in [6.45, 7) is 6.06. The number of hydrogen-bond acceptors (Lipinski definition) is 2. The Bertz CT molecular complexity index is 436. The molecule has 0 aliphatic heterocycles. The molecule has 0 aromatic heterocycles. The van der Waals surface area contributed by atoms with Gasteiger partial charge in [-0.15, -0.1) is 0 Å². The largest absolute Gasteiger partial charge is 0.524 e. The Morgan fingerprint density at radius 1 is 1.06 bits per heavy atom. The average molecular weight is 258 g/mol. The normalized spacial score (nSPS) is 11.6. The van der Waals surface area contributed by atoms with Crippen molar-refractivity contribution >= 4 is 7.82 Å². The molecule has 2 N–H and O–H groups in total. The zero-order chi connectivity index (χ0) is 13.1. The fraction of sp³-hybridized carbons (Fsp3) is 0.500. The van der Waals surface area contributed by atoms with Gasteiger partial charge in [0.15, 0.2) is 0 Å². The summed E-state index contributed by atoms with van der Waals surface area (Å²) in [6.07, 6.45) is 2.45. The third-order valence-corrected chi connectivity index (χ3v) is 3.23. The van der Waals surface area contributed by atoms with Crippen LogP contribution in [0.3, 0.4) is 0 Å². The lowest BCUT2D eigenvalue weighted by molar-refractivity contribution is 0.282. The summed E-state index contributed by atoms with van der Waals surface area (Å²) in [5, 5.41) is 0. The first-order valence-corrected chi connectivity index (χ1v) is 7.34. The molecule has 5 heteroatoms. The highest BCUT2D eigenvalue weighted by atomic mass is 31.2. The lowest BCUT2D eigenvalue weighted by Gasteiger charge is -2.17. The topological polar surface area (TPSA) is 66.8 Å². The first-order chi connectivity index (χ1) is 7.92. The molecule has 1 aromatic carbocycles. The van der Waals surface area contributed by atoms with Crippen LogP contribution in [0.5, 0.6) is 5.75 Å². The second kappa shape index (κ2) is 5.67. The van der Waals surface area contributed by atoms with E-state index in [1.54, 1.807) is 6.07 Å². The molecular formula is C12H19O4P. The van der Waals surface area contributed by atoms with E-state index in [0.717, 1.165) is 24.0 Å². The van der Waals surface area contributed by atoms with Gasteiger partial charge in [-0.3, -0.25) is 9.79 Å². The van der Waals surface area contributed by atoms with Crippen molar-refractivity contribution in [3.63, 3.8) is 0 Å². The van der Waals surface area contributed by atoms with Crippen LogP contribution in [0.2, 0.25) is 0 Å². The van der Waals surface area contributed by atoms with Gasteiger partial charge in [0, 0.05) is 0 Å². The molecular weight excluding hydrogens is 239 g/mol. The number of phosphoric ester groups is 1. The van der Waals surface area contributed by atoms with Crippen molar-refractivity contribution in [3.8, 4) is 5.75 Å². The third-order valence-electron chi connectivity index (χ3n) is 2.79. The molecule has 0 aliphatic carbocycles. The number of aryl methyl sites for hydroxylation is 1. The molecule has 0 fully saturated rings. The molecule has 0 bridgehead atoms. The van der Waals surface area contributed by atoms with Crippen molar-refractivity contribution in [2.45, 2.75) is 40.0 Å². The minimum absolute atomic E-state index is 0.301. The van der Waals surface area contributed by atoms with Gasteiger partial charge in [0.05, 0.1) is 0 Å². The van der Waals surface area contributed by atoms with Crippen LogP contribution in [0, 0.1) is 0 Å². The Kier molecular flexibility index (Phi) is 4.75. The van der Waals surface area contributed by atoms with Crippen molar-refractivity contribution in [2.24, 2.45) is 0 Å². The van der Waals surface area contributed by atoms with Gasteiger partial charge in [0.1, 0.15) is 5.75 Å².